The average Bonchev–Trinajstić information content (AvgIpc) is 2.46. The average molecular weight is 289 g/mol. The van der Waals surface area contributed by atoms with Gasteiger partial charge in [0.25, 0.3) is 0 Å². The minimum absolute atomic E-state index is 0.0232. The Morgan fingerprint density at radius 3 is 2.48 bits per heavy atom. The van der Waals surface area contributed by atoms with Crippen LogP contribution in [0, 0.1) is 23.0 Å². The summed E-state index contributed by atoms with van der Waals surface area (Å²) in [5.41, 5.74) is 0.205. The Kier molecular flexibility index (Phi) is 4.53. The number of nitrogens with zero attached hydrogens (tertiary/aromatic N) is 1. The number of hydrogen-bond acceptors (Lipinski definition) is 4. The summed E-state index contributed by atoms with van der Waals surface area (Å²) in [6, 6.07) is 9.27. The van der Waals surface area contributed by atoms with Gasteiger partial charge in [-0.3, -0.25) is 0 Å². The van der Waals surface area contributed by atoms with Crippen LogP contribution < -0.4 is 10.2 Å². The summed E-state index contributed by atoms with van der Waals surface area (Å²) in [4.78, 5) is 0. The largest absolute Gasteiger partial charge is 0.491 e. The monoisotopic (exact) mass is 289 g/mol. The molecule has 0 aliphatic heterocycles. The fourth-order valence-corrected chi connectivity index (χ4v) is 1.72. The van der Waals surface area contributed by atoms with Crippen molar-refractivity contribution in [3.05, 3.63) is 59.2 Å². The lowest BCUT2D eigenvalue weighted by atomic mass is 9.80. The molecule has 2 aromatic carbocycles. The van der Waals surface area contributed by atoms with Gasteiger partial charge in [-0.15, -0.1) is 0 Å². The summed E-state index contributed by atoms with van der Waals surface area (Å²) in [5.74, 6) is -1.24. The fourth-order valence-electron chi connectivity index (χ4n) is 1.72. The van der Waals surface area contributed by atoms with E-state index in [-0.39, 0.29) is 23.4 Å². The van der Waals surface area contributed by atoms with Crippen LogP contribution in [0.2, 0.25) is 0 Å². The molecule has 7 heteroatoms. The number of ether oxygens (including phenoxy) is 1. The summed E-state index contributed by atoms with van der Waals surface area (Å²) in [7, 11) is -1.89. The predicted octanol–water partition coefficient (Wildman–Crippen LogP) is 1.10. The molecule has 2 N–H and O–H groups in total. The third-order valence-corrected chi connectivity index (χ3v) is 2.81. The molecule has 0 saturated heterocycles. The maximum Gasteiger partial charge on any atom is 0.491 e. The highest BCUT2D eigenvalue weighted by atomic mass is 19.1. The second-order valence-electron chi connectivity index (χ2n) is 4.27. The standard InChI is InChI=1S/C14H10BF2NO3/c16-13-4-1-9(5-10(13)7-18)8-21-11-2-3-12(15(19)20)14(17)6-11/h1-6,19-20H,8H2. The summed E-state index contributed by atoms with van der Waals surface area (Å²) in [6.07, 6.45) is 0. The van der Waals surface area contributed by atoms with Crippen molar-refractivity contribution in [1.29, 1.82) is 5.26 Å². The molecule has 106 valence electrons. The molecule has 0 heterocycles. The van der Waals surface area contributed by atoms with Crippen molar-refractivity contribution in [2.75, 3.05) is 0 Å². The SMILES string of the molecule is N#Cc1cc(COc2ccc(B(O)O)c(F)c2)ccc1F. The number of halogens is 2. The lowest BCUT2D eigenvalue weighted by Crippen LogP contribution is -2.32. The van der Waals surface area contributed by atoms with Crippen molar-refractivity contribution >= 4 is 12.6 Å². The zero-order chi connectivity index (χ0) is 15.4. The topological polar surface area (TPSA) is 73.5 Å². The molecule has 0 unspecified atom stereocenters. The second kappa shape index (κ2) is 6.35. The van der Waals surface area contributed by atoms with Crippen LogP contribution in [0.1, 0.15) is 11.1 Å². The smallest absolute Gasteiger partial charge is 0.489 e. The molecule has 21 heavy (non-hydrogen) atoms. The van der Waals surface area contributed by atoms with Crippen LogP contribution in [0.5, 0.6) is 5.75 Å². The Morgan fingerprint density at radius 1 is 1.10 bits per heavy atom. The van der Waals surface area contributed by atoms with Crippen molar-refractivity contribution in [1.82, 2.24) is 0 Å². The van der Waals surface area contributed by atoms with Gasteiger partial charge in [-0.05, 0) is 23.8 Å². The first-order valence-electron chi connectivity index (χ1n) is 5.98. The first kappa shape index (κ1) is 15.0. The zero-order valence-electron chi connectivity index (χ0n) is 10.8. The van der Waals surface area contributed by atoms with Crippen LogP contribution >= 0.6 is 0 Å². The molecule has 0 amide bonds. The highest BCUT2D eigenvalue weighted by Crippen LogP contribution is 2.15. The van der Waals surface area contributed by atoms with E-state index in [1.807, 2.05) is 0 Å². The van der Waals surface area contributed by atoms with E-state index in [1.165, 1.54) is 24.3 Å². The molecule has 2 aromatic rings. The van der Waals surface area contributed by atoms with E-state index in [0.717, 1.165) is 12.1 Å². The highest BCUT2D eigenvalue weighted by Gasteiger charge is 2.16. The summed E-state index contributed by atoms with van der Waals surface area (Å²) in [6.45, 7) is 0.0232. The Bertz CT molecular complexity index is 701. The minimum Gasteiger partial charge on any atom is -0.489 e. The van der Waals surface area contributed by atoms with Gasteiger partial charge in [-0.2, -0.15) is 5.26 Å². The summed E-state index contributed by atoms with van der Waals surface area (Å²) >= 11 is 0. The van der Waals surface area contributed by atoms with Crippen molar-refractivity contribution in [3.63, 3.8) is 0 Å². The first-order chi connectivity index (χ1) is 10.0. The van der Waals surface area contributed by atoms with Gasteiger partial charge in [0.2, 0.25) is 0 Å². The predicted molar refractivity (Wildman–Crippen MR) is 71.7 cm³/mol. The maximum absolute atomic E-state index is 13.5. The first-order valence-corrected chi connectivity index (χ1v) is 5.98. The fraction of sp³-hybridized carbons (Fsp3) is 0.0714. The lowest BCUT2D eigenvalue weighted by Gasteiger charge is -2.08. The Hall–Kier alpha value is -2.43. The van der Waals surface area contributed by atoms with Crippen LogP contribution in [-0.4, -0.2) is 17.2 Å². The van der Waals surface area contributed by atoms with E-state index in [0.29, 0.717) is 5.56 Å². The van der Waals surface area contributed by atoms with Crippen molar-refractivity contribution in [2.45, 2.75) is 6.61 Å². The Labute approximate surface area is 120 Å². The maximum atomic E-state index is 13.5. The quantitative estimate of drug-likeness (QED) is 0.826. The minimum atomic E-state index is -1.89. The molecule has 0 spiro atoms. The molecule has 0 aliphatic carbocycles. The number of hydrogen-bond donors (Lipinski definition) is 2. The molecule has 0 aliphatic rings. The molecule has 0 bridgehead atoms. The van der Waals surface area contributed by atoms with Crippen LogP contribution in [0.4, 0.5) is 8.78 Å². The van der Waals surface area contributed by atoms with E-state index in [9.17, 15) is 8.78 Å². The van der Waals surface area contributed by atoms with Crippen LogP contribution in [0.3, 0.4) is 0 Å². The third kappa shape index (κ3) is 3.57. The normalized spacial score (nSPS) is 10.0. The van der Waals surface area contributed by atoms with Gasteiger partial charge in [-0.25, -0.2) is 8.78 Å². The van der Waals surface area contributed by atoms with Crippen LogP contribution in [-0.2, 0) is 6.61 Å². The molecule has 4 nitrogen and oxygen atoms in total. The zero-order valence-corrected chi connectivity index (χ0v) is 10.8. The van der Waals surface area contributed by atoms with Gasteiger partial charge >= 0.3 is 7.12 Å². The molecule has 2 rings (SSSR count). The molecular weight excluding hydrogens is 279 g/mol. The molecule has 0 saturated carbocycles. The number of benzene rings is 2. The van der Waals surface area contributed by atoms with E-state index in [1.54, 1.807) is 6.07 Å². The molecule has 0 radical (unpaired) electrons. The third-order valence-electron chi connectivity index (χ3n) is 2.81. The highest BCUT2D eigenvalue weighted by molar-refractivity contribution is 6.58. The van der Waals surface area contributed by atoms with Gasteiger partial charge in [-0.1, -0.05) is 12.1 Å². The van der Waals surface area contributed by atoms with E-state index in [2.05, 4.69) is 0 Å². The summed E-state index contributed by atoms with van der Waals surface area (Å²) < 4.78 is 32.0. The lowest BCUT2D eigenvalue weighted by molar-refractivity contribution is 0.304. The van der Waals surface area contributed by atoms with Gasteiger partial charge < -0.3 is 14.8 Å². The van der Waals surface area contributed by atoms with Gasteiger partial charge in [0.1, 0.15) is 30.1 Å². The second-order valence-corrected chi connectivity index (χ2v) is 4.27. The number of nitriles is 1. The van der Waals surface area contributed by atoms with Gasteiger partial charge in [0.15, 0.2) is 0 Å². The Morgan fingerprint density at radius 2 is 1.86 bits per heavy atom. The van der Waals surface area contributed by atoms with Crippen molar-refractivity contribution < 1.29 is 23.6 Å². The van der Waals surface area contributed by atoms with Crippen molar-refractivity contribution in [3.8, 4) is 11.8 Å². The van der Waals surface area contributed by atoms with Crippen molar-refractivity contribution in [2.24, 2.45) is 0 Å². The van der Waals surface area contributed by atoms with Gasteiger partial charge in [0.05, 0.1) is 5.56 Å². The Balaban J connectivity index is 2.10. The molecular formula is C14H10BF2NO3. The number of rotatable bonds is 4. The molecule has 0 aromatic heterocycles. The van der Waals surface area contributed by atoms with E-state index < -0.39 is 18.8 Å². The van der Waals surface area contributed by atoms with Gasteiger partial charge in [0, 0.05) is 11.5 Å². The van der Waals surface area contributed by atoms with E-state index in [4.69, 9.17) is 20.0 Å². The summed E-state index contributed by atoms with van der Waals surface area (Å²) in [5, 5.41) is 26.5. The van der Waals surface area contributed by atoms with Crippen LogP contribution in [0.25, 0.3) is 0 Å². The van der Waals surface area contributed by atoms with E-state index >= 15 is 0 Å². The van der Waals surface area contributed by atoms with Crippen LogP contribution in [0.15, 0.2) is 36.4 Å². The molecule has 0 atom stereocenters. The molecule has 0 fully saturated rings.